The quantitative estimate of drug-likeness (QED) is 0.554. The molecule has 0 spiro atoms. The largest absolute Gasteiger partial charge is 0.477 e. The van der Waals surface area contributed by atoms with Gasteiger partial charge in [-0.1, -0.05) is 0 Å². The van der Waals surface area contributed by atoms with Gasteiger partial charge in [0, 0.05) is 6.20 Å². The van der Waals surface area contributed by atoms with Crippen LogP contribution in [0.3, 0.4) is 0 Å². The predicted molar refractivity (Wildman–Crippen MR) is 79.9 cm³/mol. The fraction of sp³-hybridized carbons (Fsp3) is 0.467. The zero-order valence-corrected chi connectivity index (χ0v) is 13.3. The molecule has 0 atom stereocenters. The van der Waals surface area contributed by atoms with Crippen molar-refractivity contribution in [3.8, 4) is 5.88 Å². The number of carbonyl (C=O) groups is 3. The number of ether oxygens (including phenoxy) is 3. The van der Waals surface area contributed by atoms with Gasteiger partial charge in [-0.2, -0.15) is 0 Å². The van der Waals surface area contributed by atoms with Crippen LogP contribution in [0.4, 0.5) is 0 Å². The number of esters is 2. The molecule has 1 amide bonds. The fourth-order valence-electron chi connectivity index (χ4n) is 1.69. The van der Waals surface area contributed by atoms with E-state index in [0.29, 0.717) is 6.61 Å². The molecule has 0 fully saturated rings. The van der Waals surface area contributed by atoms with Crippen LogP contribution in [0.15, 0.2) is 18.3 Å². The Morgan fingerprint density at radius 3 is 2.22 bits per heavy atom. The molecule has 0 saturated carbocycles. The zero-order valence-electron chi connectivity index (χ0n) is 13.3. The van der Waals surface area contributed by atoms with Gasteiger partial charge in [-0.25, -0.2) is 14.6 Å². The first-order valence-corrected chi connectivity index (χ1v) is 7.27. The molecule has 0 aromatic carbocycles. The Kier molecular flexibility index (Phi) is 7.52. The Morgan fingerprint density at radius 1 is 1.09 bits per heavy atom. The lowest BCUT2D eigenvalue weighted by atomic mass is 10.2. The number of aromatic nitrogens is 1. The number of nitrogens with zero attached hydrogens (tertiary/aromatic N) is 1. The molecule has 23 heavy (non-hydrogen) atoms. The van der Waals surface area contributed by atoms with Gasteiger partial charge in [0.2, 0.25) is 11.9 Å². The van der Waals surface area contributed by atoms with Crippen LogP contribution in [0.2, 0.25) is 0 Å². The molecule has 126 valence electrons. The Hall–Kier alpha value is -2.64. The third-order valence-electron chi connectivity index (χ3n) is 2.62. The first-order chi connectivity index (χ1) is 11.0. The number of pyridine rings is 1. The third kappa shape index (κ3) is 5.24. The number of amides is 1. The summed E-state index contributed by atoms with van der Waals surface area (Å²) in [6.45, 7) is 5.39. The molecule has 1 N–H and O–H groups in total. The van der Waals surface area contributed by atoms with E-state index in [9.17, 15) is 14.4 Å². The summed E-state index contributed by atoms with van der Waals surface area (Å²) < 4.78 is 14.8. The summed E-state index contributed by atoms with van der Waals surface area (Å²) in [6, 6.07) is 1.47. The van der Waals surface area contributed by atoms with Gasteiger partial charge in [0.25, 0.3) is 5.91 Å². The van der Waals surface area contributed by atoms with Crippen molar-refractivity contribution >= 4 is 17.8 Å². The van der Waals surface area contributed by atoms with Gasteiger partial charge in [-0.15, -0.1) is 0 Å². The molecule has 0 radical (unpaired) electrons. The van der Waals surface area contributed by atoms with Gasteiger partial charge >= 0.3 is 11.9 Å². The third-order valence-corrected chi connectivity index (χ3v) is 2.62. The van der Waals surface area contributed by atoms with Crippen LogP contribution in [0, 0.1) is 0 Å². The van der Waals surface area contributed by atoms with Gasteiger partial charge in [0.1, 0.15) is 5.56 Å². The molecule has 0 aliphatic heterocycles. The van der Waals surface area contributed by atoms with E-state index in [1.165, 1.54) is 12.3 Å². The molecule has 0 aliphatic carbocycles. The molecule has 8 nitrogen and oxygen atoms in total. The van der Waals surface area contributed by atoms with E-state index in [0.717, 1.165) is 0 Å². The van der Waals surface area contributed by atoms with Gasteiger partial charge in [-0.05, 0) is 32.9 Å². The summed E-state index contributed by atoms with van der Waals surface area (Å²) in [4.78, 5) is 40.0. The van der Waals surface area contributed by atoms with E-state index >= 15 is 0 Å². The second-order valence-corrected chi connectivity index (χ2v) is 4.20. The average Bonchev–Trinajstić information content (AvgIpc) is 2.53. The normalized spacial score (nSPS) is 10.1. The summed E-state index contributed by atoms with van der Waals surface area (Å²) in [5.74, 6) is -2.35. The van der Waals surface area contributed by atoms with E-state index < -0.39 is 23.9 Å². The minimum absolute atomic E-state index is 0.0711. The molecule has 0 bridgehead atoms. The van der Waals surface area contributed by atoms with Crippen molar-refractivity contribution in [1.82, 2.24) is 10.3 Å². The van der Waals surface area contributed by atoms with E-state index in [1.807, 2.05) is 0 Å². The summed E-state index contributed by atoms with van der Waals surface area (Å²) in [5.41, 5.74) is 0.105. The maximum absolute atomic E-state index is 12.3. The smallest absolute Gasteiger partial charge is 0.340 e. The maximum Gasteiger partial charge on any atom is 0.340 e. The van der Waals surface area contributed by atoms with Gasteiger partial charge < -0.3 is 19.5 Å². The summed E-state index contributed by atoms with van der Waals surface area (Å²) in [6.07, 6.45) is 1.47. The van der Waals surface area contributed by atoms with E-state index in [-0.39, 0.29) is 24.7 Å². The van der Waals surface area contributed by atoms with Crippen LogP contribution >= 0.6 is 0 Å². The monoisotopic (exact) mass is 324 g/mol. The first kappa shape index (κ1) is 18.4. The molecule has 0 aliphatic rings. The van der Waals surface area contributed by atoms with E-state index in [4.69, 9.17) is 14.2 Å². The molecule has 8 heteroatoms. The molecule has 1 rings (SSSR count). The van der Waals surface area contributed by atoms with Crippen molar-refractivity contribution in [1.29, 1.82) is 0 Å². The van der Waals surface area contributed by atoms with Crippen LogP contribution < -0.4 is 10.1 Å². The summed E-state index contributed by atoms with van der Waals surface area (Å²) in [5, 5.41) is 2.29. The van der Waals surface area contributed by atoms with Crippen LogP contribution in [0.1, 0.15) is 31.1 Å². The topological polar surface area (TPSA) is 104 Å². The molecule has 1 aromatic heterocycles. The van der Waals surface area contributed by atoms with Crippen molar-refractivity contribution in [2.24, 2.45) is 0 Å². The van der Waals surface area contributed by atoms with Crippen LogP contribution in [0.5, 0.6) is 5.88 Å². The lowest BCUT2D eigenvalue weighted by Crippen LogP contribution is -2.48. The van der Waals surface area contributed by atoms with Crippen molar-refractivity contribution in [2.45, 2.75) is 26.8 Å². The van der Waals surface area contributed by atoms with Crippen molar-refractivity contribution in [3.05, 3.63) is 23.9 Å². The minimum atomic E-state index is -1.54. The van der Waals surface area contributed by atoms with E-state index in [2.05, 4.69) is 10.3 Å². The Labute approximate surface area is 134 Å². The second-order valence-electron chi connectivity index (χ2n) is 4.20. The molecular weight excluding hydrogens is 304 g/mol. The average molecular weight is 324 g/mol. The standard InChI is InChI=1S/C15H20N2O6/c1-4-21-13-10(8-7-9-16-13)12(18)17-11(14(19)22-5-2)15(20)23-6-3/h7-9,11H,4-6H2,1-3H3,(H,17,18). The molecule has 0 unspecified atom stereocenters. The number of hydrogen-bond donors (Lipinski definition) is 1. The summed E-state index contributed by atoms with van der Waals surface area (Å²) >= 11 is 0. The van der Waals surface area contributed by atoms with Crippen LogP contribution in [0.25, 0.3) is 0 Å². The lowest BCUT2D eigenvalue weighted by molar-refractivity contribution is -0.157. The Bertz CT molecular complexity index is 543. The number of carbonyl (C=O) groups excluding carboxylic acids is 3. The lowest BCUT2D eigenvalue weighted by Gasteiger charge is -2.16. The highest BCUT2D eigenvalue weighted by Gasteiger charge is 2.32. The SMILES string of the molecule is CCOC(=O)C(NC(=O)c1cccnc1OCC)C(=O)OCC. The molecule has 0 saturated heterocycles. The van der Waals surface area contributed by atoms with Crippen molar-refractivity contribution in [3.63, 3.8) is 0 Å². The van der Waals surface area contributed by atoms with Crippen molar-refractivity contribution < 1.29 is 28.6 Å². The summed E-state index contributed by atoms with van der Waals surface area (Å²) in [7, 11) is 0. The van der Waals surface area contributed by atoms with Crippen LogP contribution in [-0.4, -0.2) is 48.7 Å². The highest BCUT2D eigenvalue weighted by molar-refractivity contribution is 6.06. The highest BCUT2D eigenvalue weighted by atomic mass is 16.6. The van der Waals surface area contributed by atoms with Gasteiger partial charge in [0.15, 0.2) is 0 Å². The van der Waals surface area contributed by atoms with Crippen LogP contribution in [-0.2, 0) is 19.1 Å². The molecular formula is C15H20N2O6. The minimum Gasteiger partial charge on any atom is -0.477 e. The number of nitrogens with one attached hydrogen (secondary N) is 1. The number of hydrogen-bond acceptors (Lipinski definition) is 7. The zero-order chi connectivity index (χ0) is 17.2. The van der Waals surface area contributed by atoms with Crippen molar-refractivity contribution in [2.75, 3.05) is 19.8 Å². The van der Waals surface area contributed by atoms with Gasteiger partial charge in [-0.3, -0.25) is 4.79 Å². The molecule has 1 heterocycles. The Morgan fingerprint density at radius 2 is 1.70 bits per heavy atom. The Balaban J connectivity index is 2.96. The number of rotatable bonds is 8. The first-order valence-electron chi connectivity index (χ1n) is 7.27. The predicted octanol–water partition coefficient (Wildman–Crippen LogP) is 0.705. The van der Waals surface area contributed by atoms with E-state index in [1.54, 1.807) is 26.8 Å². The fourth-order valence-corrected chi connectivity index (χ4v) is 1.69. The molecule has 1 aromatic rings. The second kappa shape index (κ2) is 9.39. The highest BCUT2D eigenvalue weighted by Crippen LogP contribution is 2.14. The maximum atomic E-state index is 12.3. The van der Waals surface area contributed by atoms with Gasteiger partial charge in [0.05, 0.1) is 19.8 Å².